The predicted octanol–water partition coefficient (Wildman–Crippen LogP) is 2.18. The van der Waals surface area contributed by atoms with Gasteiger partial charge in [0.1, 0.15) is 12.4 Å². The Morgan fingerprint density at radius 3 is 3.30 bits per heavy atom. The Bertz CT molecular complexity index is 484. The van der Waals surface area contributed by atoms with Crippen molar-refractivity contribution in [1.29, 1.82) is 0 Å². The number of amides is 1. The van der Waals surface area contributed by atoms with Crippen LogP contribution >= 0.6 is 0 Å². The second-order valence-electron chi connectivity index (χ2n) is 4.86. The minimum absolute atomic E-state index is 0.0167. The Balaban J connectivity index is 1.82. The molecule has 1 unspecified atom stereocenters. The molecule has 2 heterocycles. The Morgan fingerprint density at radius 2 is 2.55 bits per heavy atom. The van der Waals surface area contributed by atoms with Crippen LogP contribution in [0.1, 0.15) is 18.6 Å². The highest BCUT2D eigenvalue weighted by Gasteiger charge is 2.22. The number of furan rings is 1. The van der Waals surface area contributed by atoms with E-state index in [0.29, 0.717) is 24.9 Å². The first kappa shape index (κ1) is 14.4. The summed E-state index contributed by atoms with van der Waals surface area (Å²) < 4.78 is 10.5. The maximum absolute atomic E-state index is 12.1. The van der Waals surface area contributed by atoms with Gasteiger partial charge in [-0.25, -0.2) is 0 Å². The van der Waals surface area contributed by atoms with Crippen LogP contribution in [0.15, 0.2) is 28.9 Å². The fourth-order valence-electron chi connectivity index (χ4n) is 2.33. The molecule has 1 aliphatic rings. The van der Waals surface area contributed by atoms with Gasteiger partial charge in [0.2, 0.25) is 5.91 Å². The zero-order valence-corrected chi connectivity index (χ0v) is 11.5. The summed E-state index contributed by atoms with van der Waals surface area (Å²) in [4.78, 5) is 13.9. The molecule has 20 heavy (non-hydrogen) atoms. The smallest absolute Gasteiger partial charge is 0.246 e. The van der Waals surface area contributed by atoms with Gasteiger partial charge >= 0.3 is 0 Å². The first-order valence-corrected chi connectivity index (χ1v) is 6.81. The molecule has 0 spiro atoms. The summed E-state index contributed by atoms with van der Waals surface area (Å²) in [7, 11) is 0. The summed E-state index contributed by atoms with van der Waals surface area (Å²) in [5, 5.41) is 0. The maximum Gasteiger partial charge on any atom is 0.246 e. The molecule has 0 radical (unpaired) electrons. The molecule has 0 N–H and O–H groups in total. The van der Waals surface area contributed by atoms with Crippen LogP contribution in [-0.2, 0) is 9.53 Å². The van der Waals surface area contributed by atoms with Crippen LogP contribution in [0.2, 0.25) is 0 Å². The lowest BCUT2D eigenvalue weighted by atomic mass is 9.99. The van der Waals surface area contributed by atoms with Crippen LogP contribution in [0.4, 0.5) is 0 Å². The monoisotopic (exact) mass is 273 g/mol. The van der Waals surface area contributed by atoms with Gasteiger partial charge in [-0.05, 0) is 31.1 Å². The van der Waals surface area contributed by atoms with Crippen molar-refractivity contribution in [3.63, 3.8) is 0 Å². The number of hydrogen-bond acceptors (Lipinski definition) is 3. The summed E-state index contributed by atoms with van der Waals surface area (Å²) >= 11 is 0. The van der Waals surface area contributed by atoms with E-state index < -0.39 is 0 Å². The molecule has 0 saturated carbocycles. The first-order chi connectivity index (χ1) is 9.79. The summed E-state index contributed by atoms with van der Waals surface area (Å²) in [6, 6.07) is 3.61. The molecule has 106 valence electrons. The van der Waals surface area contributed by atoms with Crippen LogP contribution in [0.5, 0.6) is 0 Å². The molecule has 1 aliphatic heterocycles. The molecule has 1 fully saturated rings. The molecule has 2 rings (SSSR count). The van der Waals surface area contributed by atoms with E-state index in [9.17, 15) is 4.79 Å². The molecular formula is C16H19NO3. The topological polar surface area (TPSA) is 42.7 Å². The third kappa shape index (κ3) is 4.29. The van der Waals surface area contributed by atoms with Crippen molar-refractivity contribution in [2.45, 2.75) is 12.8 Å². The van der Waals surface area contributed by atoms with E-state index in [4.69, 9.17) is 15.6 Å². The number of carbonyl (C=O) groups excluding carboxylic acids is 1. The van der Waals surface area contributed by atoms with E-state index in [1.165, 1.54) is 0 Å². The minimum Gasteiger partial charge on any atom is -0.465 e. The van der Waals surface area contributed by atoms with E-state index in [1.807, 2.05) is 11.0 Å². The fourth-order valence-corrected chi connectivity index (χ4v) is 2.33. The number of nitrogens with zero attached hydrogens (tertiary/aromatic N) is 1. The van der Waals surface area contributed by atoms with Gasteiger partial charge in [-0.1, -0.05) is 5.92 Å². The van der Waals surface area contributed by atoms with Gasteiger partial charge in [0, 0.05) is 25.1 Å². The Morgan fingerprint density at radius 1 is 1.65 bits per heavy atom. The van der Waals surface area contributed by atoms with Crippen molar-refractivity contribution < 1.29 is 13.9 Å². The van der Waals surface area contributed by atoms with Gasteiger partial charge in [0.25, 0.3) is 0 Å². The highest BCUT2D eigenvalue weighted by Crippen LogP contribution is 2.17. The largest absolute Gasteiger partial charge is 0.465 e. The van der Waals surface area contributed by atoms with Gasteiger partial charge in [0.05, 0.1) is 12.9 Å². The van der Waals surface area contributed by atoms with Crippen molar-refractivity contribution in [3.05, 3.63) is 30.2 Å². The van der Waals surface area contributed by atoms with E-state index in [1.54, 1.807) is 24.5 Å². The van der Waals surface area contributed by atoms with Gasteiger partial charge in [0.15, 0.2) is 0 Å². The Labute approximate surface area is 119 Å². The normalized spacial score (nSPS) is 19.1. The van der Waals surface area contributed by atoms with Crippen molar-refractivity contribution in [1.82, 2.24) is 4.90 Å². The highest BCUT2D eigenvalue weighted by atomic mass is 16.5. The molecule has 4 nitrogen and oxygen atoms in total. The van der Waals surface area contributed by atoms with E-state index in [0.717, 1.165) is 25.9 Å². The zero-order chi connectivity index (χ0) is 14.2. The standard InChI is InChI=1S/C16H19NO3/c1-2-10-19-13-14-5-3-9-17(12-14)16(18)8-7-15-6-4-11-20-15/h1,4,6-8,11,14H,3,5,9-10,12-13H2/b8-7+. The SMILES string of the molecule is C#CCOCC1CCCN(C(=O)/C=C/c2ccco2)C1. The molecule has 4 heteroatoms. The fraction of sp³-hybridized carbons (Fsp3) is 0.438. The summed E-state index contributed by atoms with van der Waals surface area (Å²) in [6.45, 7) is 2.48. The lowest BCUT2D eigenvalue weighted by Crippen LogP contribution is -2.40. The minimum atomic E-state index is 0.0167. The third-order valence-electron chi connectivity index (χ3n) is 3.30. The van der Waals surface area contributed by atoms with Crippen LogP contribution in [0.25, 0.3) is 6.08 Å². The molecule has 0 bridgehead atoms. The molecule has 1 aromatic heterocycles. The highest BCUT2D eigenvalue weighted by molar-refractivity contribution is 5.91. The van der Waals surface area contributed by atoms with Crippen molar-refractivity contribution >= 4 is 12.0 Å². The van der Waals surface area contributed by atoms with Crippen LogP contribution in [0.3, 0.4) is 0 Å². The second-order valence-corrected chi connectivity index (χ2v) is 4.86. The molecule has 1 amide bonds. The van der Waals surface area contributed by atoms with Crippen LogP contribution < -0.4 is 0 Å². The number of terminal acetylenes is 1. The first-order valence-electron chi connectivity index (χ1n) is 6.81. The van der Waals surface area contributed by atoms with Crippen molar-refractivity contribution in [3.8, 4) is 12.3 Å². The molecule has 1 aromatic rings. The zero-order valence-electron chi connectivity index (χ0n) is 11.5. The van der Waals surface area contributed by atoms with Crippen LogP contribution in [-0.4, -0.2) is 37.1 Å². The lowest BCUT2D eigenvalue weighted by molar-refractivity contribution is -0.128. The summed E-state index contributed by atoms with van der Waals surface area (Å²) in [5.41, 5.74) is 0. The lowest BCUT2D eigenvalue weighted by Gasteiger charge is -2.31. The van der Waals surface area contributed by atoms with Crippen molar-refractivity contribution in [2.24, 2.45) is 5.92 Å². The number of carbonyl (C=O) groups is 1. The van der Waals surface area contributed by atoms with E-state index in [-0.39, 0.29) is 5.91 Å². The van der Waals surface area contributed by atoms with Gasteiger partial charge in [-0.3, -0.25) is 4.79 Å². The number of piperidine rings is 1. The quantitative estimate of drug-likeness (QED) is 0.469. The second kappa shape index (κ2) is 7.56. The predicted molar refractivity (Wildman–Crippen MR) is 76.7 cm³/mol. The van der Waals surface area contributed by atoms with Crippen molar-refractivity contribution in [2.75, 3.05) is 26.3 Å². The van der Waals surface area contributed by atoms with Gasteiger partial charge in [-0.15, -0.1) is 6.42 Å². The maximum atomic E-state index is 12.1. The number of likely N-dealkylation sites (tertiary alicyclic amines) is 1. The molecule has 0 aliphatic carbocycles. The summed E-state index contributed by atoms with van der Waals surface area (Å²) in [6.07, 6.45) is 12.1. The molecule has 1 saturated heterocycles. The third-order valence-corrected chi connectivity index (χ3v) is 3.30. The Hall–Kier alpha value is -1.99. The number of hydrogen-bond donors (Lipinski definition) is 0. The summed E-state index contributed by atoms with van der Waals surface area (Å²) in [5.74, 6) is 3.53. The number of rotatable bonds is 5. The average molecular weight is 273 g/mol. The average Bonchev–Trinajstić information content (AvgIpc) is 2.99. The molecule has 1 atom stereocenters. The molecule has 0 aromatic carbocycles. The van der Waals surface area contributed by atoms with E-state index in [2.05, 4.69) is 5.92 Å². The van der Waals surface area contributed by atoms with Gasteiger partial charge < -0.3 is 14.1 Å². The Kier molecular flexibility index (Phi) is 5.45. The van der Waals surface area contributed by atoms with Gasteiger partial charge in [-0.2, -0.15) is 0 Å². The van der Waals surface area contributed by atoms with E-state index >= 15 is 0 Å². The number of ether oxygens (including phenoxy) is 1. The molecular weight excluding hydrogens is 254 g/mol. The van der Waals surface area contributed by atoms with Crippen LogP contribution in [0, 0.1) is 18.3 Å².